The molecule has 0 fully saturated rings. The molecule has 0 spiro atoms. The van der Waals surface area contributed by atoms with Crippen LogP contribution in [0.4, 0.5) is 0 Å². The Morgan fingerprint density at radius 1 is 1.40 bits per heavy atom. The summed E-state index contributed by atoms with van der Waals surface area (Å²) >= 11 is 0. The summed E-state index contributed by atoms with van der Waals surface area (Å²) in [5.74, 6) is 0. The zero-order valence-electron chi connectivity index (χ0n) is 11.8. The van der Waals surface area contributed by atoms with Crippen LogP contribution in [0, 0.1) is 11.3 Å². The number of nitriles is 1. The first-order chi connectivity index (χ1) is 9.78. The molecule has 1 aliphatic heterocycles. The van der Waals surface area contributed by atoms with Gasteiger partial charge in [0.1, 0.15) is 6.04 Å². The van der Waals surface area contributed by atoms with Crippen molar-refractivity contribution in [3.63, 3.8) is 0 Å². The third kappa shape index (κ3) is 2.48. The maximum Gasteiger partial charge on any atom is 0.102 e. The number of aromatic amines is 1. The lowest BCUT2D eigenvalue weighted by atomic mass is 10.0. The summed E-state index contributed by atoms with van der Waals surface area (Å²) in [4.78, 5) is 5.59. The molecule has 0 radical (unpaired) electrons. The molecule has 1 aromatic carbocycles. The summed E-state index contributed by atoms with van der Waals surface area (Å²) in [6.07, 6.45) is 6.19. The number of rotatable bonds is 3. The van der Waals surface area contributed by atoms with E-state index >= 15 is 0 Å². The summed E-state index contributed by atoms with van der Waals surface area (Å²) in [5.41, 5.74) is 3.86. The minimum atomic E-state index is 0.0326. The van der Waals surface area contributed by atoms with Gasteiger partial charge in [-0.25, -0.2) is 0 Å². The molecular weight excluding hydrogens is 246 g/mol. The Balaban J connectivity index is 1.72. The van der Waals surface area contributed by atoms with Crippen molar-refractivity contribution in [2.75, 3.05) is 13.1 Å². The van der Waals surface area contributed by atoms with Crippen LogP contribution < -0.4 is 0 Å². The van der Waals surface area contributed by atoms with E-state index in [4.69, 9.17) is 0 Å². The molecule has 1 aromatic heterocycles. The third-order valence-corrected chi connectivity index (χ3v) is 4.12. The Kier molecular flexibility index (Phi) is 3.58. The van der Waals surface area contributed by atoms with E-state index in [1.54, 1.807) is 0 Å². The first-order valence-corrected chi connectivity index (χ1v) is 7.12. The Labute approximate surface area is 119 Å². The smallest absolute Gasteiger partial charge is 0.102 e. The molecule has 3 rings (SSSR count). The number of nitrogens with one attached hydrogen (secondary N) is 1. The van der Waals surface area contributed by atoms with Crippen LogP contribution in [0.1, 0.15) is 18.9 Å². The van der Waals surface area contributed by atoms with Gasteiger partial charge in [0.25, 0.3) is 0 Å². The maximum atomic E-state index is 9.28. The van der Waals surface area contributed by atoms with Gasteiger partial charge in [0.05, 0.1) is 6.07 Å². The van der Waals surface area contributed by atoms with E-state index < -0.39 is 0 Å². The summed E-state index contributed by atoms with van der Waals surface area (Å²) in [6.45, 7) is 3.94. The number of aromatic nitrogens is 1. The highest BCUT2D eigenvalue weighted by Gasteiger charge is 2.21. The molecule has 1 atom stereocenters. The van der Waals surface area contributed by atoms with Crippen LogP contribution in [0.3, 0.4) is 0 Å². The molecule has 0 bridgehead atoms. The van der Waals surface area contributed by atoms with Crippen LogP contribution in [0.15, 0.2) is 42.1 Å². The average Bonchev–Trinajstić information content (AvgIpc) is 2.89. The molecule has 1 aliphatic rings. The number of benzene rings is 1. The predicted octanol–water partition coefficient (Wildman–Crippen LogP) is 3.25. The van der Waals surface area contributed by atoms with E-state index in [2.05, 4.69) is 53.3 Å². The van der Waals surface area contributed by atoms with E-state index in [1.165, 1.54) is 22.0 Å². The lowest BCUT2D eigenvalue weighted by Crippen LogP contribution is -2.38. The van der Waals surface area contributed by atoms with Crippen LogP contribution in [0.2, 0.25) is 0 Å². The second-order valence-electron chi connectivity index (χ2n) is 5.50. The molecule has 0 saturated carbocycles. The predicted molar refractivity (Wildman–Crippen MR) is 81.4 cm³/mol. The van der Waals surface area contributed by atoms with Gasteiger partial charge in [-0.15, -0.1) is 0 Å². The van der Waals surface area contributed by atoms with Crippen molar-refractivity contribution in [2.24, 2.45) is 0 Å². The lowest BCUT2D eigenvalue weighted by molar-refractivity contribution is 0.248. The first-order valence-electron chi connectivity index (χ1n) is 7.12. The van der Waals surface area contributed by atoms with Crippen LogP contribution in [0.25, 0.3) is 10.9 Å². The van der Waals surface area contributed by atoms with E-state index in [0.717, 1.165) is 25.9 Å². The topological polar surface area (TPSA) is 42.8 Å². The summed E-state index contributed by atoms with van der Waals surface area (Å²) in [6, 6.07) is 10.8. The number of hydrogen-bond donors (Lipinski definition) is 1. The van der Waals surface area contributed by atoms with Crippen LogP contribution >= 0.6 is 0 Å². The number of para-hydroxylation sites is 1. The van der Waals surface area contributed by atoms with Crippen molar-refractivity contribution in [2.45, 2.75) is 25.8 Å². The highest BCUT2D eigenvalue weighted by molar-refractivity contribution is 5.83. The molecule has 3 nitrogen and oxygen atoms in total. The molecule has 0 aliphatic carbocycles. The van der Waals surface area contributed by atoms with Crippen molar-refractivity contribution in [3.05, 3.63) is 47.7 Å². The summed E-state index contributed by atoms with van der Waals surface area (Å²) < 4.78 is 0. The van der Waals surface area contributed by atoms with Gasteiger partial charge in [-0.05, 0) is 31.4 Å². The highest BCUT2D eigenvalue weighted by atomic mass is 15.2. The fourth-order valence-corrected chi connectivity index (χ4v) is 2.89. The number of fused-ring (bicyclic) bond motifs is 1. The minimum absolute atomic E-state index is 0.0326. The SMILES string of the molecule is CC1=CCN(CCc2c[nH]c3ccccc23)C(C#N)C1. The quantitative estimate of drug-likeness (QED) is 0.866. The Hall–Kier alpha value is -2.05. The number of nitrogens with zero attached hydrogens (tertiary/aromatic N) is 2. The van der Waals surface area contributed by atoms with Crippen LogP contribution in [-0.4, -0.2) is 29.0 Å². The van der Waals surface area contributed by atoms with Gasteiger partial charge in [-0.3, -0.25) is 4.90 Å². The molecule has 1 unspecified atom stereocenters. The van der Waals surface area contributed by atoms with Crippen molar-refractivity contribution >= 4 is 10.9 Å². The zero-order valence-corrected chi connectivity index (χ0v) is 11.8. The Morgan fingerprint density at radius 2 is 2.25 bits per heavy atom. The van der Waals surface area contributed by atoms with Crippen molar-refractivity contribution in [1.29, 1.82) is 5.26 Å². The van der Waals surface area contributed by atoms with Crippen molar-refractivity contribution in [3.8, 4) is 6.07 Å². The molecular formula is C17H19N3. The van der Waals surface area contributed by atoms with Crippen molar-refractivity contribution in [1.82, 2.24) is 9.88 Å². The molecule has 0 amide bonds. The first kappa shape index (κ1) is 13.0. The lowest BCUT2D eigenvalue weighted by Gasteiger charge is -2.30. The van der Waals surface area contributed by atoms with Gasteiger partial charge in [0.15, 0.2) is 0 Å². The maximum absolute atomic E-state index is 9.28. The average molecular weight is 265 g/mol. The monoisotopic (exact) mass is 265 g/mol. The second kappa shape index (κ2) is 5.52. The minimum Gasteiger partial charge on any atom is -0.361 e. The van der Waals surface area contributed by atoms with Crippen LogP contribution in [-0.2, 0) is 6.42 Å². The fourth-order valence-electron chi connectivity index (χ4n) is 2.89. The van der Waals surface area contributed by atoms with Gasteiger partial charge in [0.2, 0.25) is 0 Å². The van der Waals surface area contributed by atoms with Gasteiger partial charge >= 0.3 is 0 Å². The van der Waals surface area contributed by atoms with E-state index in [9.17, 15) is 5.26 Å². The van der Waals surface area contributed by atoms with Crippen molar-refractivity contribution < 1.29 is 0 Å². The third-order valence-electron chi connectivity index (χ3n) is 4.12. The second-order valence-corrected chi connectivity index (χ2v) is 5.50. The largest absolute Gasteiger partial charge is 0.361 e. The van der Waals surface area contributed by atoms with Gasteiger partial charge in [0, 0.05) is 30.2 Å². The van der Waals surface area contributed by atoms with E-state index in [0.29, 0.717) is 0 Å². The standard InChI is InChI=1S/C17H19N3/c1-13-6-8-20(15(10-13)11-18)9-7-14-12-19-17-5-3-2-4-16(14)17/h2-6,12,15,19H,7-10H2,1H3. The molecule has 3 heteroatoms. The molecule has 2 heterocycles. The summed E-state index contributed by atoms with van der Waals surface area (Å²) in [7, 11) is 0. The molecule has 2 aromatic rings. The normalized spacial score (nSPS) is 19.8. The fraction of sp³-hybridized carbons (Fsp3) is 0.353. The van der Waals surface area contributed by atoms with Gasteiger partial charge < -0.3 is 4.98 Å². The van der Waals surface area contributed by atoms with Gasteiger partial charge in [-0.1, -0.05) is 29.8 Å². The number of H-pyrrole nitrogens is 1. The van der Waals surface area contributed by atoms with Gasteiger partial charge in [-0.2, -0.15) is 5.26 Å². The van der Waals surface area contributed by atoms with E-state index in [-0.39, 0.29) is 6.04 Å². The molecule has 102 valence electrons. The molecule has 20 heavy (non-hydrogen) atoms. The Bertz CT molecular complexity index is 675. The highest BCUT2D eigenvalue weighted by Crippen LogP contribution is 2.21. The van der Waals surface area contributed by atoms with E-state index in [1.807, 2.05) is 6.07 Å². The summed E-state index contributed by atoms with van der Waals surface area (Å²) in [5, 5.41) is 10.6. The zero-order chi connectivity index (χ0) is 13.9. The molecule has 1 N–H and O–H groups in total. The Morgan fingerprint density at radius 3 is 3.10 bits per heavy atom. The molecule has 0 saturated heterocycles. The number of hydrogen-bond acceptors (Lipinski definition) is 2. The van der Waals surface area contributed by atoms with Crippen LogP contribution in [0.5, 0.6) is 0 Å².